The minimum atomic E-state index is -0.304. The van der Waals surface area contributed by atoms with Crippen LogP contribution in [0.4, 0.5) is 9.52 Å². The molecule has 0 aliphatic heterocycles. The van der Waals surface area contributed by atoms with Crippen molar-refractivity contribution in [1.29, 1.82) is 0 Å². The van der Waals surface area contributed by atoms with Crippen molar-refractivity contribution in [2.75, 3.05) is 11.9 Å². The summed E-state index contributed by atoms with van der Waals surface area (Å²) in [6.45, 7) is 2.52. The molecule has 2 rings (SSSR count). The molecular weight excluding hydrogens is 335 g/mol. The Bertz CT molecular complexity index is 696. The molecule has 0 saturated heterocycles. The highest BCUT2D eigenvalue weighted by Gasteiger charge is 2.16. The third kappa shape index (κ3) is 5.54. The van der Waals surface area contributed by atoms with Crippen molar-refractivity contribution >= 4 is 34.1 Å². The number of aromatic nitrogens is 2. The highest BCUT2D eigenvalue weighted by atomic mass is 32.2. The zero-order chi connectivity index (χ0) is 16.7. The van der Waals surface area contributed by atoms with E-state index >= 15 is 0 Å². The van der Waals surface area contributed by atoms with Gasteiger partial charge in [-0.05, 0) is 24.6 Å². The van der Waals surface area contributed by atoms with E-state index in [1.54, 1.807) is 19.1 Å². The van der Waals surface area contributed by atoms with E-state index in [4.69, 9.17) is 6.42 Å². The molecule has 23 heavy (non-hydrogen) atoms. The maximum atomic E-state index is 12.8. The molecule has 1 atom stereocenters. The van der Waals surface area contributed by atoms with E-state index in [0.717, 1.165) is 5.56 Å². The Hall–Kier alpha value is -2.11. The molecule has 0 aliphatic carbocycles. The summed E-state index contributed by atoms with van der Waals surface area (Å²) < 4.78 is 13.5. The minimum Gasteiger partial charge on any atom is -0.356 e. The van der Waals surface area contributed by atoms with Gasteiger partial charge in [-0.3, -0.25) is 4.79 Å². The fourth-order valence-electron chi connectivity index (χ4n) is 1.60. The number of benzene rings is 1. The van der Waals surface area contributed by atoms with Gasteiger partial charge in [0.05, 0.1) is 11.8 Å². The number of anilines is 1. The average molecular weight is 350 g/mol. The monoisotopic (exact) mass is 350 g/mol. The number of terminal acetylenes is 1. The van der Waals surface area contributed by atoms with Crippen molar-refractivity contribution in [3.8, 4) is 12.3 Å². The molecule has 1 aromatic carbocycles. The van der Waals surface area contributed by atoms with Crippen LogP contribution < -0.4 is 10.6 Å². The number of carbonyl (C=O) groups is 1. The van der Waals surface area contributed by atoms with Gasteiger partial charge in [0.15, 0.2) is 4.34 Å². The van der Waals surface area contributed by atoms with Gasteiger partial charge < -0.3 is 10.6 Å². The average Bonchev–Trinajstić information content (AvgIpc) is 2.99. The van der Waals surface area contributed by atoms with Crippen LogP contribution in [0.15, 0.2) is 28.6 Å². The quantitative estimate of drug-likeness (QED) is 0.593. The topological polar surface area (TPSA) is 66.9 Å². The third-order valence-electron chi connectivity index (χ3n) is 2.77. The molecule has 1 aromatic heterocycles. The highest BCUT2D eigenvalue weighted by molar-refractivity contribution is 8.02. The van der Waals surface area contributed by atoms with Crippen LogP contribution in [0.2, 0.25) is 0 Å². The number of rotatable bonds is 7. The molecule has 0 radical (unpaired) electrons. The molecule has 0 saturated carbocycles. The van der Waals surface area contributed by atoms with Crippen LogP contribution in [0.1, 0.15) is 12.5 Å². The summed E-state index contributed by atoms with van der Waals surface area (Å²) in [7, 11) is 0. The predicted molar refractivity (Wildman–Crippen MR) is 90.8 cm³/mol. The van der Waals surface area contributed by atoms with Gasteiger partial charge in [-0.2, -0.15) is 0 Å². The van der Waals surface area contributed by atoms with E-state index < -0.39 is 0 Å². The summed E-state index contributed by atoms with van der Waals surface area (Å²) in [6.07, 6.45) is 5.10. The third-order valence-corrected chi connectivity index (χ3v) is 4.84. The Kier molecular flexibility index (Phi) is 6.38. The summed E-state index contributed by atoms with van der Waals surface area (Å²) in [4.78, 5) is 11.7. The Morgan fingerprint density at radius 1 is 1.43 bits per heavy atom. The second-order valence-corrected chi connectivity index (χ2v) is 7.10. The molecule has 0 aliphatic rings. The van der Waals surface area contributed by atoms with Crippen molar-refractivity contribution in [1.82, 2.24) is 15.5 Å². The number of nitrogens with one attached hydrogen (secondary N) is 2. The fraction of sp³-hybridized carbons (Fsp3) is 0.267. The van der Waals surface area contributed by atoms with E-state index in [1.165, 1.54) is 35.2 Å². The first-order valence-corrected chi connectivity index (χ1v) is 8.47. The fourth-order valence-corrected chi connectivity index (χ4v) is 3.51. The van der Waals surface area contributed by atoms with Crippen molar-refractivity contribution in [3.05, 3.63) is 35.6 Å². The van der Waals surface area contributed by atoms with Crippen LogP contribution in [0.25, 0.3) is 0 Å². The number of amides is 1. The van der Waals surface area contributed by atoms with Gasteiger partial charge in [-0.15, -0.1) is 16.6 Å². The minimum absolute atomic E-state index is 0.135. The van der Waals surface area contributed by atoms with Crippen molar-refractivity contribution < 1.29 is 9.18 Å². The number of hydrogen-bond donors (Lipinski definition) is 2. The van der Waals surface area contributed by atoms with Crippen molar-refractivity contribution in [3.63, 3.8) is 0 Å². The Labute approximate surface area is 142 Å². The van der Waals surface area contributed by atoms with Gasteiger partial charge in [-0.25, -0.2) is 4.39 Å². The summed E-state index contributed by atoms with van der Waals surface area (Å²) in [6, 6.07) is 6.23. The molecule has 8 heteroatoms. The van der Waals surface area contributed by atoms with E-state index in [2.05, 4.69) is 26.8 Å². The molecule has 5 nitrogen and oxygen atoms in total. The number of carbonyl (C=O) groups excluding carboxylic acids is 1. The molecule has 120 valence electrons. The molecule has 0 spiro atoms. The molecule has 1 amide bonds. The molecule has 2 N–H and O–H groups in total. The Balaban J connectivity index is 1.84. The first-order chi connectivity index (χ1) is 11.1. The summed E-state index contributed by atoms with van der Waals surface area (Å²) in [5.74, 6) is 1.96. The Morgan fingerprint density at radius 3 is 2.87 bits per heavy atom. The summed E-state index contributed by atoms with van der Waals surface area (Å²) in [5.41, 5.74) is 0.942. The lowest BCUT2D eigenvalue weighted by molar-refractivity contribution is -0.120. The first kappa shape index (κ1) is 17.2. The van der Waals surface area contributed by atoms with Gasteiger partial charge in [-0.1, -0.05) is 41.2 Å². The lowest BCUT2D eigenvalue weighted by Crippen LogP contribution is -2.30. The number of halogens is 1. The number of thioether (sulfide) groups is 1. The molecular formula is C15H15FN4OS2. The van der Waals surface area contributed by atoms with Crippen molar-refractivity contribution in [2.24, 2.45) is 0 Å². The smallest absolute Gasteiger partial charge is 0.234 e. The molecule has 0 fully saturated rings. The molecule has 1 heterocycles. The van der Waals surface area contributed by atoms with Crippen LogP contribution in [-0.4, -0.2) is 27.9 Å². The van der Waals surface area contributed by atoms with Gasteiger partial charge in [0, 0.05) is 6.54 Å². The number of nitrogens with zero attached hydrogens (tertiary/aromatic N) is 2. The van der Waals surface area contributed by atoms with Crippen LogP contribution in [-0.2, 0) is 11.3 Å². The summed E-state index contributed by atoms with van der Waals surface area (Å²) >= 11 is 2.68. The van der Waals surface area contributed by atoms with Crippen LogP contribution in [0.3, 0.4) is 0 Å². The predicted octanol–water partition coefficient (Wildman–Crippen LogP) is 2.52. The van der Waals surface area contributed by atoms with Crippen LogP contribution in [0.5, 0.6) is 0 Å². The van der Waals surface area contributed by atoms with E-state index in [-0.39, 0.29) is 23.5 Å². The molecule has 0 bridgehead atoms. The van der Waals surface area contributed by atoms with Gasteiger partial charge >= 0.3 is 0 Å². The van der Waals surface area contributed by atoms with E-state index in [9.17, 15) is 9.18 Å². The lowest BCUT2D eigenvalue weighted by Gasteiger charge is -2.07. The second kappa shape index (κ2) is 8.50. The highest BCUT2D eigenvalue weighted by Crippen LogP contribution is 2.29. The molecule has 1 unspecified atom stereocenters. The van der Waals surface area contributed by atoms with Gasteiger partial charge in [0.1, 0.15) is 5.82 Å². The van der Waals surface area contributed by atoms with Gasteiger partial charge in [0.2, 0.25) is 11.0 Å². The second-order valence-electron chi connectivity index (χ2n) is 4.54. The lowest BCUT2D eigenvalue weighted by atomic mass is 10.2. The largest absolute Gasteiger partial charge is 0.356 e. The van der Waals surface area contributed by atoms with E-state index in [1.807, 2.05) is 0 Å². The number of hydrogen-bond acceptors (Lipinski definition) is 6. The SMILES string of the molecule is C#CCNC(=O)C(C)Sc1nnc(NCc2ccc(F)cc2)s1. The zero-order valence-electron chi connectivity index (χ0n) is 12.4. The summed E-state index contributed by atoms with van der Waals surface area (Å²) in [5, 5.41) is 14.1. The van der Waals surface area contributed by atoms with Crippen LogP contribution in [0, 0.1) is 18.2 Å². The van der Waals surface area contributed by atoms with Gasteiger partial charge in [0.25, 0.3) is 0 Å². The molecule has 2 aromatic rings. The standard InChI is InChI=1S/C15H15FN4OS2/c1-3-8-17-13(21)10(2)22-15-20-19-14(23-15)18-9-11-4-6-12(16)7-5-11/h1,4-7,10H,8-9H2,2H3,(H,17,21)(H,18,19). The van der Waals surface area contributed by atoms with Crippen molar-refractivity contribution in [2.45, 2.75) is 23.1 Å². The normalized spacial score (nSPS) is 11.5. The maximum Gasteiger partial charge on any atom is 0.234 e. The Morgan fingerprint density at radius 2 is 2.17 bits per heavy atom. The first-order valence-electron chi connectivity index (χ1n) is 6.78. The zero-order valence-corrected chi connectivity index (χ0v) is 14.0. The van der Waals surface area contributed by atoms with E-state index in [0.29, 0.717) is 16.0 Å². The van der Waals surface area contributed by atoms with Crippen LogP contribution >= 0.6 is 23.1 Å². The maximum absolute atomic E-state index is 12.8.